The van der Waals surface area contributed by atoms with Crippen LogP contribution in [0.3, 0.4) is 0 Å². The molecule has 2 N–H and O–H groups in total. The van der Waals surface area contributed by atoms with E-state index in [1.54, 1.807) is 47.4 Å². The van der Waals surface area contributed by atoms with Crippen molar-refractivity contribution in [1.29, 1.82) is 0 Å². The minimum Gasteiger partial charge on any atom is -0.335 e. The van der Waals surface area contributed by atoms with E-state index >= 15 is 0 Å². The number of hydrogen-bond donors (Lipinski definition) is 2. The van der Waals surface area contributed by atoms with E-state index in [4.69, 9.17) is 0 Å². The molecule has 9 nitrogen and oxygen atoms in total. The van der Waals surface area contributed by atoms with Gasteiger partial charge in [0.1, 0.15) is 17.5 Å². The van der Waals surface area contributed by atoms with Crippen LogP contribution < -0.4 is 15.5 Å². The van der Waals surface area contributed by atoms with Gasteiger partial charge < -0.3 is 15.5 Å². The summed E-state index contributed by atoms with van der Waals surface area (Å²) in [4.78, 5) is 36.0. The van der Waals surface area contributed by atoms with Gasteiger partial charge in [-0.2, -0.15) is 5.10 Å². The largest absolute Gasteiger partial charge is 0.335 e. The first-order valence-corrected chi connectivity index (χ1v) is 9.31. The van der Waals surface area contributed by atoms with Crippen LogP contribution in [-0.2, 0) is 0 Å². The molecule has 0 saturated heterocycles. The SMILES string of the molecule is CN1c2ncccc2C(=O)N[C@@H]1c1ccccc1NC(=O)c1cnn2cccnc12. The summed E-state index contributed by atoms with van der Waals surface area (Å²) in [7, 11) is 1.85. The third-order valence-electron chi connectivity index (χ3n) is 5.05. The molecule has 1 aliphatic heterocycles. The Morgan fingerprint density at radius 2 is 1.93 bits per heavy atom. The molecule has 0 saturated carbocycles. The molecule has 0 bridgehead atoms. The third-order valence-corrected chi connectivity index (χ3v) is 5.05. The topological polar surface area (TPSA) is 105 Å². The van der Waals surface area contributed by atoms with Crippen molar-refractivity contribution in [3.63, 3.8) is 0 Å². The first kappa shape index (κ1) is 17.8. The summed E-state index contributed by atoms with van der Waals surface area (Å²) in [6, 6.07) is 12.5. The van der Waals surface area contributed by atoms with Crippen LogP contribution in [0, 0.1) is 0 Å². The highest BCUT2D eigenvalue weighted by atomic mass is 16.2. The van der Waals surface area contributed by atoms with E-state index in [0.29, 0.717) is 28.3 Å². The molecule has 2 amide bonds. The Kier molecular flexibility index (Phi) is 4.13. The number of nitrogens with zero attached hydrogens (tertiary/aromatic N) is 5. The Hall–Kier alpha value is -4.27. The van der Waals surface area contributed by atoms with Gasteiger partial charge in [-0.25, -0.2) is 14.5 Å². The molecule has 9 heteroatoms. The Morgan fingerprint density at radius 3 is 2.83 bits per heavy atom. The number of carbonyl (C=O) groups is 2. The van der Waals surface area contributed by atoms with Crippen LogP contribution in [0.4, 0.5) is 11.5 Å². The third kappa shape index (κ3) is 2.84. The maximum atomic E-state index is 13.0. The monoisotopic (exact) mass is 399 g/mol. The van der Waals surface area contributed by atoms with E-state index in [2.05, 4.69) is 25.7 Å². The molecule has 4 heterocycles. The number of hydrogen-bond acceptors (Lipinski definition) is 6. The van der Waals surface area contributed by atoms with Crippen molar-refractivity contribution in [1.82, 2.24) is 24.9 Å². The zero-order valence-corrected chi connectivity index (χ0v) is 16.0. The maximum Gasteiger partial charge on any atom is 0.261 e. The predicted molar refractivity (Wildman–Crippen MR) is 110 cm³/mol. The molecule has 0 radical (unpaired) electrons. The van der Waals surface area contributed by atoms with Crippen LogP contribution in [0.1, 0.15) is 32.4 Å². The van der Waals surface area contributed by atoms with Crippen LogP contribution in [0.5, 0.6) is 0 Å². The Morgan fingerprint density at radius 1 is 1.10 bits per heavy atom. The van der Waals surface area contributed by atoms with Gasteiger partial charge in [-0.05, 0) is 24.3 Å². The molecule has 0 unspecified atom stereocenters. The predicted octanol–water partition coefficient (Wildman–Crippen LogP) is 2.25. The summed E-state index contributed by atoms with van der Waals surface area (Å²) >= 11 is 0. The molecular formula is C21H17N7O2. The van der Waals surface area contributed by atoms with Gasteiger partial charge in [0.15, 0.2) is 5.65 Å². The van der Waals surface area contributed by atoms with E-state index < -0.39 is 6.17 Å². The molecule has 3 aromatic heterocycles. The molecule has 4 aromatic rings. The second-order valence-corrected chi connectivity index (χ2v) is 6.85. The minimum absolute atomic E-state index is 0.214. The van der Waals surface area contributed by atoms with Gasteiger partial charge in [-0.3, -0.25) is 9.59 Å². The quantitative estimate of drug-likeness (QED) is 0.548. The van der Waals surface area contributed by atoms with Gasteiger partial charge in [0.05, 0.1) is 11.8 Å². The summed E-state index contributed by atoms with van der Waals surface area (Å²) in [6.07, 6.45) is 5.98. The zero-order chi connectivity index (χ0) is 20.7. The second kappa shape index (κ2) is 6.96. The molecule has 0 spiro atoms. The number of fused-ring (bicyclic) bond motifs is 2. The first-order valence-electron chi connectivity index (χ1n) is 9.31. The van der Waals surface area contributed by atoms with E-state index in [1.165, 1.54) is 6.20 Å². The number of para-hydroxylation sites is 1. The molecule has 5 rings (SSSR count). The van der Waals surface area contributed by atoms with E-state index in [9.17, 15) is 9.59 Å². The highest BCUT2D eigenvalue weighted by molar-refractivity contribution is 6.08. The number of pyridine rings is 1. The van der Waals surface area contributed by atoms with Gasteiger partial charge in [-0.1, -0.05) is 18.2 Å². The number of rotatable bonds is 3. The first-order chi connectivity index (χ1) is 14.6. The molecule has 1 atom stereocenters. The number of nitrogens with one attached hydrogen (secondary N) is 2. The molecular weight excluding hydrogens is 382 g/mol. The van der Waals surface area contributed by atoms with Gasteiger partial charge in [0.25, 0.3) is 11.8 Å². The van der Waals surface area contributed by atoms with Gasteiger partial charge in [0.2, 0.25) is 0 Å². The van der Waals surface area contributed by atoms with Gasteiger partial charge >= 0.3 is 0 Å². The number of amides is 2. The van der Waals surface area contributed by atoms with Crippen molar-refractivity contribution in [2.24, 2.45) is 0 Å². The normalized spacial score (nSPS) is 15.6. The molecule has 1 aliphatic rings. The lowest BCUT2D eigenvalue weighted by Crippen LogP contribution is -2.45. The van der Waals surface area contributed by atoms with Crippen molar-refractivity contribution < 1.29 is 9.59 Å². The average molecular weight is 399 g/mol. The van der Waals surface area contributed by atoms with E-state index in [1.807, 2.05) is 30.1 Å². The van der Waals surface area contributed by atoms with Crippen LogP contribution in [0.15, 0.2) is 67.3 Å². The van der Waals surface area contributed by atoms with Crippen LogP contribution >= 0.6 is 0 Å². The number of aromatic nitrogens is 4. The lowest BCUT2D eigenvalue weighted by atomic mass is 10.0. The molecule has 1 aromatic carbocycles. The van der Waals surface area contributed by atoms with E-state index in [-0.39, 0.29) is 11.8 Å². The summed E-state index contributed by atoms with van der Waals surface area (Å²) in [5.74, 6) is 0.0350. The summed E-state index contributed by atoms with van der Waals surface area (Å²) < 4.78 is 1.54. The summed E-state index contributed by atoms with van der Waals surface area (Å²) in [6.45, 7) is 0. The Bertz CT molecular complexity index is 1280. The van der Waals surface area contributed by atoms with E-state index in [0.717, 1.165) is 5.56 Å². The molecule has 148 valence electrons. The van der Waals surface area contributed by atoms with Gasteiger partial charge in [0, 0.05) is 36.9 Å². The van der Waals surface area contributed by atoms with Crippen molar-refractivity contribution in [2.75, 3.05) is 17.3 Å². The number of benzene rings is 1. The molecule has 0 aliphatic carbocycles. The van der Waals surface area contributed by atoms with Crippen molar-refractivity contribution in [2.45, 2.75) is 6.17 Å². The molecule has 0 fully saturated rings. The lowest BCUT2D eigenvalue weighted by molar-refractivity contribution is 0.0927. The summed E-state index contributed by atoms with van der Waals surface area (Å²) in [5, 5.41) is 10.1. The lowest BCUT2D eigenvalue weighted by Gasteiger charge is -2.36. The van der Waals surface area contributed by atoms with Crippen molar-refractivity contribution >= 4 is 29.0 Å². The van der Waals surface area contributed by atoms with Crippen molar-refractivity contribution in [3.05, 3.63) is 83.9 Å². The second-order valence-electron chi connectivity index (χ2n) is 6.85. The number of carbonyl (C=O) groups excluding carboxylic acids is 2. The minimum atomic E-state index is -0.488. The Labute approximate surface area is 171 Å². The van der Waals surface area contributed by atoms with Gasteiger partial charge in [-0.15, -0.1) is 0 Å². The fraction of sp³-hybridized carbons (Fsp3) is 0.0952. The smallest absolute Gasteiger partial charge is 0.261 e. The highest BCUT2D eigenvalue weighted by Crippen LogP contribution is 2.33. The van der Waals surface area contributed by atoms with Crippen LogP contribution in [0.2, 0.25) is 0 Å². The average Bonchev–Trinajstić information content (AvgIpc) is 3.21. The van der Waals surface area contributed by atoms with Crippen molar-refractivity contribution in [3.8, 4) is 0 Å². The highest BCUT2D eigenvalue weighted by Gasteiger charge is 2.32. The molecule has 30 heavy (non-hydrogen) atoms. The Balaban J connectivity index is 1.49. The van der Waals surface area contributed by atoms with Crippen LogP contribution in [-0.4, -0.2) is 38.4 Å². The number of anilines is 2. The fourth-order valence-corrected chi connectivity index (χ4v) is 3.59. The zero-order valence-electron chi connectivity index (χ0n) is 16.0. The standard InChI is InChI=1S/C21H17N7O2/c1-27-17-14(7-4-9-22-17)20(29)26-19(27)13-6-2-3-8-16(13)25-21(30)15-12-24-28-11-5-10-23-18(15)28/h2-12,19H,1H3,(H,25,30)(H,26,29)/t19-/m0/s1. The van der Waals surface area contributed by atoms with Crippen LogP contribution in [0.25, 0.3) is 5.65 Å². The maximum absolute atomic E-state index is 13.0. The summed E-state index contributed by atoms with van der Waals surface area (Å²) in [5.41, 5.74) is 2.65. The fourth-order valence-electron chi connectivity index (χ4n) is 3.59.